The summed E-state index contributed by atoms with van der Waals surface area (Å²) >= 11 is 0. The minimum absolute atomic E-state index is 0.113. The van der Waals surface area contributed by atoms with Gasteiger partial charge < -0.3 is 19.5 Å². The standard InChI is InChI=1S/C31H38FN3O4Si/c1-6-39-29-17-24(10-11-28(29)23-8-7-9-27(32)16-23)31(37)34(2)19-26-15-22(20-36)14-25-18-33-35(30(25)26)21-38-12-13-40(3,4)5/h7-11,14-18,36H,6,12-13,19-21H2,1-5H3. The van der Waals surface area contributed by atoms with Crippen molar-refractivity contribution in [2.24, 2.45) is 0 Å². The number of carbonyl (C=O) groups excluding carboxylic acids is 1. The zero-order valence-electron chi connectivity index (χ0n) is 23.9. The van der Waals surface area contributed by atoms with Gasteiger partial charge in [0.25, 0.3) is 5.91 Å². The summed E-state index contributed by atoms with van der Waals surface area (Å²) < 4.78 is 27.5. The molecule has 1 amide bonds. The molecule has 0 aliphatic carbocycles. The Kier molecular flexibility index (Phi) is 9.39. The Labute approximate surface area is 236 Å². The number of benzene rings is 3. The molecule has 1 N–H and O–H groups in total. The summed E-state index contributed by atoms with van der Waals surface area (Å²) in [7, 11) is 0.532. The van der Waals surface area contributed by atoms with Gasteiger partial charge in [0.05, 0.1) is 24.9 Å². The minimum atomic E-state index is -1.21. The second kappa shape index (κ2) is 12.8. The molecule has 7 nitrogen and oxygen atoms in total. The topological polar surface area (TPSA) is 76.8 Å². The van der Waals surface area contributed by atoms with E-state index < -0.39 is 8.07 Å². The van der Waals surface area contributed by atoms with Crippen LogP contribution in [0.15, 0.2) is 60.8 Å². The number of amides is 1. The second-order valence-corrected chi connectivity index (χ2v) is 16.8. The van der Waals surface area contributed by atoms with Gasteiger partial charge in [0, 0.05) is 44.8 Å². The Balaban J connectivity index is 1.59. The van der Waals surface area contributed by atoms with E-state index in [9.17, 15) is 14.3 Å². The zero-order chi connectivity index (χ0) is 28.9. The van der Waals surface area contributed by atoms with E-state index in [0.717, 1.165) is 33.6 Å². The maximum atomic E-state index is 13.9. The molecule has 0 fully saturated rings. The van der Waals surface area contributed by atoms with Crippen molar-refractivity contribution in [3.05, 3.63) is 83.3 Å². The normalized spacial score (nSPS) is 11.7. The van der Waals surface area contributed by atoms with E-state index in [0.29, 0.717) is 43.4 Å². The third kappa shape index (κ3) is 7.15. The SMILES string of the molecule is CCOc1cc(C(=O)N(C)Cc2cc(CO)cc3cnn(COCC[Si](C)(C)C)c23)ccc1-c1cccc(F)c1. The number of halogens is 1. The predicted octanol–water partition coefficient (Wildman–Crippen LogP) is 6.32. The van der Waals surface area contributed by atoms with Gasteiger partial charge in [-0.1, -0.05) is 31.8 Å². The highest BCUT2D eigenvalue weighted by Crippen LogP contribution is 2.32. The number of hydrogen-bond donors (Lipinski definition) is 1. The van der Waals surface area contributed by atoms with Gasteiger partial charge in [-0.2, -0.15) is 5.10 Å². The smallest absolute Gasteiger partial charge is 0.254 e. The number of aromatic nitrogens is 2. The number of aliphatic hydroxyl groups is 1. The molecule has 0 radical (unpaired) electrons. The monoisotopic (exact) mass is 563 g/mol. The van der Waals surface area contributed by atoms with Crippen molar-refractivity contribution >= 4 is 24.9 Å². The van der Waals surface area contributed by atoms with E-state index in [1.54, 1.807) is 42.4 Å². The van der Waals surface area contributed by atoms with Gasteiger partial charge in [-0.25, -0.2) is 9.07 Å². The van der Waals surface area contributed by atoms with Crippen LogP contribution >= 0.6 is 0 Å². The van der Waals surface area contributed by atoms with Crippen molar-refractivity contribution in [3.8, 4) is 16.9 Å². The van der Waals surface area contributed by atoms with Crippen molar-refractivity contribution in [1.29, 1.82) is 0 Å². The summed E-state index contributed by atoms with van der Waals surface area (Å²) in [6, 6.07) is 16.4. The highest BCUT2D eigenvalue weighted by Gasteiger charge is 2.19. The fraction of sp³-hybridized carbons (Fsp3) is 0.355. The van der Waals surface area contributed by atoms with Gasteiger partial charge in [0.15, 0.2) is 0 Å². The van der Waals surface area contributed by atoms with Gasteiger partial charge in [-0.3, -0.25) is 4.79 Å². The van der Waals surface area contributed by atoms with Gasteiger partial charge in [-0.05, 0) is 72.1 Å². The van der Waals surface area contributed by atoms with E-state index in [4.69, 9.17) is 9.47 Å². The van der Waals surface area contributed by atoms with E-state index in [-0.39, 0.29) is 18.3 Å². The summed E-state index contributed by atoms with van der Waals surface area (Å²) in [5, 5.41) is 15.3. The lowest BCUT2D eigenvalue weighted by molar-refractivity contribution is 0.0781. The van der Waals surface area contributed by atoms with Crippen molar-refractivity contribution in [1.82, 2.24) is 14.7 Å². The van der Waals surface area contributed by atoms with Crippen molar-refractivity contribution in [3.63, 3.8) is 0 Å². The quantitative estimate of drug-likeness (QED) is 0.161. The molecule has 0 spiro atoms. The molecule has 1 aromatic heterocycles. The molecule has 0 saturated heterocycles. The van der Waals surface area contributed by atoms with Crippen LogP contribution in [0.2, 0.25) is 25.7 Å². The average Bonchev–Trinajstić information content (AvgIpc) is 3.33. The Morgan fingerprint density at radius 3 is 2.62 bits per heavy atom. The molecule has 0 atom stereocenters. The van der Waals surface area contributed by atoms with Gasteiger partial charge in [-0.15, -0.1) is 0 Å². The second-order valence-electron chi connectivity index (χ2n) is 11.2. The number of carbonyl (C=O) groups is 1. The Hall–Kier alpha value is -3.53. The summed E-state index contributed by atoms with van der Waals surface area (Å²) in [5.41, 5.74) is 4.35. The number of nitrogens with zero attached hydrogens (tertiary/aromatic N) is 3. The van der Waals surface area contributed by atoms with Crippen LogP contribution in [0.3, 0.4) is 0 Å². The van der Waals surface area contributed by atoms with E-state index in [2.05, 4.69) is 24.7 Å². The summed E-state index contributed by atoms with van der Waals surface area (Å²) in [5.74, 6) is -0.00531. The fourth-order valence-electron chi connectivity index (χ4n) is 4.60. The highest BCUT2D eigenvalue weighted by molar-refractivity contribution is 6.76. The maximum Gasteiger partial charge on any atom is 0.254 e. The van der Waals surface area contributed by atoms with Crippen LogP contribution in [-0.4, -0.2) is 54.0 Å². The average molecular weight is 564 g/mol. The minimum Gasteiger partial charge on any atom is -0.493 e. The number of rotatable bonds is 12. The van der Waals surface area contributed by atoms with Crippen LogP contribution in [0.4, 0.5) is 4.39 Å². The fourth-order valence-corrected chi connectivity index (χ4v) is 5.36. The van der Waals surface area contributed by atoms with Gasteiger partial charge in [0.2, 0.25) is 0 Å². The first-order valence-corrected chi connectivity index (χ1v) is 17.2. The number of aliphatic hydroxyl groups excluding tert-OH is 1. The number of ether oxygens (including phenoxy) is 2. The molecular formula is C31H38FN3O4Si. The Morgan fingerprint density at radius 1 is 1.12 bits per heavy atom. The lowest BCUT2D eigenvalue weighted by Gasteiger charge is -2.20. The molecule has 0 aliphatic heterocycles. The molecule has 1 heterocycles. The molecule has 0 aliphatic rings. The van der Waals surface area contributed by atoms with E-state index in [1.807, 2.05) is 29.8 Å². The summed E-state index contributed by atoms with van der Waals surface area (Å²) in [6.45, 7) is 10.4. The van der Waals surface area contributed by atoms with Crippen LogP contribution in [0, 0.1) is 5.82 Å². The molecule has 3 aromatic carbocycles. The molecule has 40 heavy (non-hydrogen) atoms. The molecule has 4 rings (SSSR count). The molecular weight excluding hydrogens is 525 g/mol. The molecule has 4 aromatic rings. The first-order chi connectivity index (χ1) is 19.1. The molecule has 0 saturated carbocycles. The lowest BCUT2D eigenvalue weighted by Crippen LogP contribution is -2.26. The first kappa shape index (κ1) is 29.4. The largest absolute Gasteiger partial charge is 0.493 e. The third-order valence-corrected chi connectivity index (χ3v) is 8.39. The van der Waals surface area contributed by atoms with Gasteiger partial charge in [0.1, 0.15) is 18.3 Å². The zero-order valence-corrected chi connectivity index (χ0v) is 24.9. The molecule has 9 heteroatoms. The van der Waals surface area contributed by atoms with Gasteiger partial charge >= 0.3 is 0 Å². The summed E-state index contributed by atoms with van der Waals surface area (Å²) in [4.78, 5) is 15.2. The lowest BCUT2D eigenvalue weighted by atomic mass is 10.0. The van der Waals surface area contributed by atoms with Crippen LogP contribution in [0.25, 0.3) is 22.0 Å². The van der Waals surface area contributed by atoms with Crippen molar-refractivity contribution in [2.45, 2.75) is 52.5 Å². The van der Waals surface area contributed by atoms with Crippen LogP contribution < -0.4 is 4.74 Å². The van der Waals surface area contributed by atoms with E-state index >= 15 is 0 Å². The maximum absolute atomic E-state index is 13.9. The first-order valence-electron chi connectivity index (χ1n) is 13.5. The van der Waals surface area contributed by atoms with Crippen LogP contribution in [0.5, 0.6) is 5.75 Å². The van der Waals surface area contributed by atoms with Crippen LogP contribution in [0.1, 0.15) is 28.4 Å². The molecule has 212 valence electrons. The van der Waals surface area contributed by atoms with Crippen molar-refractivity contribution < 1.29 is 23.8 Å². The van der Waals surface area contributed by atoms with E-state index in [1.165, 1.54) is 12.1 Å². The van der Waals surface area contributed by atoms with Crippen molar-refractivity contribution in [2.75, 3.05) is 20.3 Å². The Morgan fingerprint density at radius 2 is 1.93 bits per heavy atom. The molecule has 0 bridgehead atoms. The number of hydrogen-bond acceptors (Lipinski definition) is 5. The Bertz CT molecular complexity index is 1480. The number of fused-ring (bicyclic) bond motifs is 1. The van der Waals surface area contributed by atoms with Crippen LogP contribution in [-0.2, 0) is 24.6 Å². The summed E-state index contributed by atoms with van der Waals surface area (Å²) in [6.07, 6.45) is 1.77. The molecule has 0 unspecified atom stereocenters. The third-order valence-electron chi connectivity index (χ3n) is 6.68. The predicted molar refractivity (Wildman–Crippen MR) is 159 cm³/mol. The highest BCUT2D eigenvalue weighted by atomic mass is 28.3.